The van der Waals surface area contributed by atoms with Crippen molar-refractivity contribution in [2.24, 2.45) is 7.05 Å². The molecule has 138 valence electrons. The standard InChI is InChI=1S/C21H19ClN2O3/c1-24-12-19(22)21(23-24)20(25)10-9-16-7-8-18(27-16)13-26-17-6-5-14-3-2-4-15(14)11-17/h5-12H,2-4,13H2,1H3. The van der Waals surface area contributed by atoms with Crippen LogP contribution in [0.3, 0.4) is 0 Å². The van der Waals surface area contributed by atoms with Crippen LogP contribution in [0.25, 0.3) is 6.08 Å². The third kappa shape index (κ3) is 3.98. The van der Waals surface area contributed by atoms with Gasteiger partial charge in [0.05, 0.1) is 5.02 Å². The molecule has 5 nitrogen and oxygen atoms in total. The molecule has 0 aliphatic heterocycles. The van der Waals surface area contributed by atoms with E-state index in [1.165, 1.54) is 28.3 Å². The van der Waals surface area contributed by atoms with Gasteiger partial charge in [0, 0.05) is 13.2 Å². The van der Waals surface area contributed by atoms with Crippen LogP contribution in [-0.4, -0.2) is 15.6 Å². The number of allylic oxidation sites excluding steroid dienone is 1. The largest absolute Gasteiger partial charge is 0.486 e. The Labute approximate surface area is 162 Å². The molecule has 0 atom stereocenters. The average molecular weight is 383 g/mol. The van der Waals surface area contributed by atoms with Gasteiger partial charge in [-0.05, 0) is 66.8 Å². The average Bonchev–Trinajstić information content (AvgIpc) is 3.37. The predicted molar refractivity (Wildman–Crippen MR) is 103 cm³/mol. The zero-order chi connectivity index (χ0) is 18.8. The zero-order valence-corrected chi connectivity index (χ0v) is 15.7. The summed E-state index contributed by atoms with van der Waals surface area (Å²) < 4.78 is 13.0. The molecule has 2 heterocycles. The molecule has 6 heteroatoms. The second-order valence-electron chi connectivity index (χ2n) is 6.57. The molecular weight excluding hydrogens is 364 g/mol. The first-order valence-electron chi connectivity index (χ1n) is 8.83. The molecule has 1 aliphatic carbocycles. The van der Waals surface area contributed by atoms with Gasteiger partial charge in [0.25, 0.3) is 0 Å². The van der Waals surface area contributed by atoms with Gasteiger partial charge in [-0.15, -0.1) is 0 Å². The minimum atomic E-state index is -0.270. The summed E-state index contributed by atoms with van der Waals surface area (Å²) in [5.74, 6) is 1.85. The number of rotatable bonds is 6. The van der Waals surface area contributed by atoms with Gasteiger partial charge in [-0.3, -0.25) is 9.48 Å². The van der Waals surface area contributed by atoms with Crippen LogP contribution in [0.4, 0.5) is 0 Å². The number of furan rings is 1. The molecule has 0 spiro atoms. The molecule has 0 saturated carbocycles. The van der Waals surface area contributed by atoms with Crippen LogP contribution < -0.4 is 4.74 Å². The highest BCUT2D eigenvalue weighted by molar-refractivity contribution is 6.34. The molecule has 0 fully saturated rings. The van der Waals surface area contributed by atoms with E-state index in [1.54, 1.807) is 25.4 Å². The number of benzene rings is 1. The van der Waals surface area contributed by atoms with Crippen molar-refractivity contribution >= 4 is 23.5 Å². The van der Waals surface area contributed by atoms with Gasteiger partial charge in [-0.25, -0.2) is 0 Å². The number of carbonyl (C=O) groups excluding carboxylic acids is 1. The Hall–Kier alpha value is -2.79. The zero-order valence-electron chi connectivity index (χ0n) is 14.9. The van der Waals surface area contributed by atoms with Crippen molar-refractivity contribution in [2.45, 2.75) is 25.9 Å². The second kappa shape index (κ2) is 7.45. The minimum Gasteiger partial charge on any atom is -0.486 e. The summed E-state index contributed by atoms with van der Waals surface area (Å²) in [7, 11) is 1.71. The predicted octanol–water partition coefficient (Wildman–Crippen LogP) is 4.63. The highest BCUT2D eigenvalue weighted by Gasteiger charge is 2.13. The van der Waals surface area contributed by atoms with Crippen LogP contribution in [0, 0.1) is 0 Å². The molecule has 3 aromatic rings. The lowest BCUT2D eigenvalue weighted by Crippen LogP contribution is -1.98. The van der Waals surface area contributed by atoms with Crippen LogP contribution in [0.1, 0.15) is 39.6 Å². The fourth-order valence-electron chi connectivity index (χ4n) is 3.22. The lowest BCUT2D eigenvalue weighted by Gasteiger charge is -2.06. The number of ketones is 1. The number of ether oxygens (including phenoxy) is 1. The minimum absolute atomic E-state index is 0.224. The fourth-order valence-corrected chi connectivity index (χ4v) is 3.49. The first kappa shape index (κ1) is 17.6. The van der Waals surface area contributed by atoms with E-state index in [0.717, 1.165) is 18.6 Å². The molecule has 0 N–H and O–H groups in total. The summed E-state index contributed by atoms with van der Waals surface area (Å²) in [5.41, 5.74) is 3.02. The summed E-state index contributed by atoms with van der Waals surface area (Å²) in [6.07, 6.45) is 8.09. The van der Waals surface area contributed by atoms with Crippen LogP contribution in [0.5, 0.6) is 5.75 Å². The molecule has 1 aromatic carbocycles. The highest BCUT2D eigenvalue weighted by atomic mass is 35.5. The first-order valence-corrected chi connectivity index (χ1v) is 9.21. The van der Waals surface area contributed by atoms with E-state index in [4.69, 9.17) is 20.8 Å². The maximum Gasteiger partial charge on any atom is 0.207 e. The third-order valence-corrected chi connectivity index (χ3v) is 4.83. The molecule has 4 rings (SSSR count). The van der Waals surface area contributed by atoms with Crippen LogP contribution in [-0.2, 0) is 26.5 Å². The Bertz CT molecular complexity index is 1020. The maximum atomic E-state index is 12.1. The van der Waals surface area contributed by atoms with Crippen molar-refractivity contribution in [1.82, 2.24) is 9.78 Å². The van der Waals surface area contributed by atoms with E-state index >= 15 is 0 Å². The molecule has 0 saturated heterocycles. The molecular formula is C21H19ClN2O3. The van der Waals surface area contributed by atoms with E-state index in [-0.39, 0.29) is 11.5 Å². The molecule has 0 bridgehead atoms. The van der Waals surface area contributed by atoms with Crippen LogP contribution >= 0.6 is 11.6 Å². The Kier molecular flexibility index (Phi) is 4.86. The van der Waals surface area contributed by atoms with Gasteiger partial charge in [0.1, 0.15) is 23.9 Å². The van der Waals surface area contributed by atoms with E-state index in [0.29, 0.717) is 23.2 Å². The van der Waals surface area contributed by atoms with Gasteiger partial charge in [-0.2, -0.15) is 5.10 Å². The van der Waals surface area contributed by atoms with E-state index < -0.39 is 0 Å². The maximum absolute atomic E-state index is 12.1. The Morgan fingerprint density at radius 3 is 2.96 bits per heavy atom. The SMILES string of the molecule is Cn1cc(Cl)c(C(=O)C=Cc2ccc(COc3ccc4c(c3)CCC4)o2)n1. The molecule has 2 aromatic heterocycles. The number of carbonyl (C=O) groups is 1. The quantitative estimate of drug-likeness (QED) is 0.460. The summed E-state index contributed by atoms with van der Waals surface area (Å²) in [6, 6.07) is 9.89. The molecule has 0 amide bonds. The molecule has 1 aliphatic rings. The Balaban J connectivity index is 1.37. The van der Waals surface area contributed by atoms with Crippen LogP contribution in [0.15, 0.2) is 47.0 Å². The lowest BCUT2D eigenvalue weighted by atomic mass is 10.1. The number of fused-ring (bicyclic) bond motifs is 1. The monoisotopic (exact) mass is 382 g/mol. The van der Waals surface area contributed by atoms with Gasteiger partial charge in [0.2, 0.25) is 5.78 Å². The van der Waals surface area contributed by atoms with Gasteiger partial charge < -0.3 is 9.15 Å². The van der Waals surface area contributed by atoms with Gasteiger partial charge in [0.15, 0.2) is 5.69 Å². The third-order valence-electron chi connectivity index (χ3n) is 4.55. The normalized spacial score (nSPS) is 13.3. The second-order valence-corrected chi connectivity index (χ2v) is 6.98. The molecule has 0 unspecified atom stereocenters. The number of halogens is 1. The number of hydrogen-bond donors (Lipinski definition) is 0. The van der Waals surface area contributed by atoms with Crippen molar-refractivity contribution in [1.29, 1.82) is 0 Å². The van der Waals surface area contributed by atoms with Crippen molar-refractivity contribution < 1.29 is 13.9 Å². The fraction of sp³-hybridized carbons (Fsp3) is 0.238. The molecule has 27 heavy (non-hydrogen) atoms. The molecule has 0 radical (unpaired) electrons. The first-order chi connectivity index (χ1) is 13.1. The van der Waals surface area contributed by atoms with Crippen molar-refractivity contribution in [3.8, 4) is 5.75 Å². The summed E-state index contributed by atoms with van der Waals surface area (Å²) in [4.78, 5) is 12.1. The van der Waals surface area contributed by atoms with Crippen molar-refractivity contribution in [3.63, 3.8) is 0 Å². The topological polar surface area (TPSA) is 57.3 Å². The lowest BCUT2D eigenvalue weighted by molar-refractivity contribution is 0.104. The number of hydrogen-bond acceptors (Lipinski definition) is 4. The smallest absolute Gasteiger partial charge is 0.207 e. The number of aromatic nitrogens is 2. The highest BCUT2D eigenvalue weighted by Crippen LogP contribution is 2.26. The van der Waals surface area contributed by atoms with E-state index in [2.05, 4.69) is 17.2 Å². The van der Waals surface area contributed by atoms with E-state index in [9.17, 15) is 4.79 Å². The Morgan fingerprint density at radius 1 is 1.30 bits per heavy atom. The van der Waals surface area contributed by atoms with Gasteiger partial charge in [-0.1, -0.05) is 17.7 Å². The Morgan fingerprint density at radius 2 is 2.15 bits per heavy atom. The van der Waals surface area contributed by atoms with Crippen molar-refractivity contribution in [2.75, 3.05) is 0 Å². The number of aryl methyl sites for hydroxylation is 3. The number of nitrogens with zero attached hydrogens (tertiary/aromatic N) is 2. The summed E-state index contributed by atoms with van der Waals surface area (Å²) in [6.45, 7) is 0.340. The van der Waals surface area contributed by atoms with E-state index in [1.807, 2.05) is 12.1 Å². The van der Waals surface area contributed by atoms with Gasteiger partial charge >= 0.3 is 0 Å². The summed E-state index contributed by atoms with van der Waals surface area (Å²) in [5, 5.41) is 4.38. The van der Waals surface area contributed by atoms with Crippen molar-refractivity contribution in [3.05, 3.63) is 76.0 Å². The summed E-state index contributed by atoms with van der Waals surface area (Å²) >= 11 is 5.98. The van der Waals surface area contributed by atoms with Crippen LogP contribution in [0.2, 0.25) is 5.02 Å².